The average molecular weight is 353 g/mol. The summed E-state index contributed by atoms with van der Waals surface area (Å²) in [5.74, 6) is 0.795. The Labute approximate surface area is 153 Å². The van der Waals surface area contributed by atoms with Gasteiger partial charge in [-0.3, -0.25) is 4.98 Å². The molecular formula is C19H23N5O2. The number of aromatic nitrogens is 3. The predicted octanol–water partition coefficient (Wildman–Crippen LogP) is 2.93. The lowest BCUT2D eigenvalue weighted by molar-refractivity contribution is 0.141. The summed E-state index contributed by atoms with van der Waals surface area (Å²) in [6.07, 6.45) is 8.10. The molecule has 0 atom stereocenters. The van der Waals surface area contributed by atoms with Gasteiger partial charge < -0.3 is 9.68 Å². The minimum absolute atomic E-state index is 0.504. The van der Waals surface area contributed by atoms with E-state index in [1.165, 1.54) is 0 Å². The van der Waals surface area contributed by atoms with Crippen LogP contribution in [0.3, 0.4) is 0 Å². The van der Waals surface area contributed by atoms with E-state index in [1.54, 1.807) is 13.3 Å². The smallest absolute Gasteiger partial charge is 0.129 e. The molecule has 7 heteroatoms. The van der Waals surface area contributed by atoms with Crippen molar-refractivity contribution in [2.24, 2.45) is 10.3 Å². The molecule has 0 saturated heterocycles. The Kier molecular flexibility index (Phi) is 6.24. The molecule has 0 fully saturated rings. The minimum Gasteiger partial charge on any atom is -0.399 e. The van der Waals surface area contributed by atoms with Crippen LogP contribution in [0.25, 0.3) is 0 Å². The molecule has 136 valence electrons. The van der Waals surface area contributed by atoms with Crippen LogP contribution in [0.5, 0.6) is 0 Å². The summed E-state index contributed by atoms with van der Waals surface area (Å²) in [5, 5.41) is 8.21. The van der Waals surface area contributed by atoms with E-state index < -0.39 is 0 Å². The van der Waals surface area contributed by atoms with Gasteiger partial charge in [0.1, 0.15) is 31.0 Å². The lowest BCUT2D eigenvalue weighted by Crippen LogP contribution is -2.17. The van der Waals surface area contributed by atoms with Crippen LogP contribution >= 0.6 is 0 Å². The van der Waals surface area contributed by atoms with E-state index in [4.69, 9.17) is 9.68 Å². The van der Waals surface area contributed by atoms with Crippen molar-refractivity contribution in [1.82, 2.24) is 15.0 Å². The molecule has 2 heterocycles. The molecule has 0 N–H and O–H groups in total. The van der Waals surface area contributed by atoms with Crippen LogP contribution in [0.2, 0.25) is 0 Å². The second-order valence-electron chi connectivity index (χ2n) is 6.06. The monoisotopic (exact) mass is 353 g/mol. The highest BCUT2D eigenvalue weighted by molar-refractivity contribution is 6.00. The molecule has 0 radical (unpaired) electrons. The Hall–Kier alpha value is -2.83. The maximum absolute atomic E-state index is 5.39. The van der Waals surface area contributed by atoms with Crippen molar-refractivity contribution in [3.05, 3.63) is 53.4 Å². The lowest BCUT2D eigenvalue weighted by Gasteiger charge is -2.16. The fourth-order valence-electron chi connectivity index (χ4n) is 2.82. The van der Waals surface area contributed by atoms with Crippen LogP contribution in [-0.2, 0) is 22.5 Å². The first-order chi connectivity index (χ1) is 12.8. The van der Waals surface area contributed by atoms with Gasteiger partial charge in [-0.15, -0.1) is 0 Å². The van der Waals surface area contributed by atoms with E-state index in [2.05, 4.69) is 25.3 Å². The van der Waals surface area contributed by atoms with Crippen molar-refractivity contribution in [1.29, 1.82) is 0 Å². The number of aryl methyl sites for hydroxylation is 2. The van der Waals surface area contributed by atoms with Gasteiger partial charge in [0.2, 0.25) is 0 Å². The summed E-state index contributed by atoms with van der Waals surface area (Å²) in [4.78, 5) is 23.7. The zero-order valence-electron chi connectivity index (χ0n) is 15.2. The molecule has 26 heavy (non-hydrogen) atoms. The van der Waals surface area contributed by atoms with E-state index in [0.717, 1.165) is 66.3 Å². The predicted molar refractivity (Wildman–Crippen MR) is 99.2 cm³/mol. The molecule has 0 saturated carbocycles. The SMILES string of the molecule is CO/N=C1\CCCc2cnc(CCCO/N=C(\C)c3ccccn3)nc21. The third-order valence-corrected chi connectivity index (χ3v) is 4.12. The summed E-state index contributed by atoms with van der Waals surface area (Å²) in [6.45, 7) is 2.38. The molecule has 0 amide bonds. The molecular weight excluding hydrogens is 330 g/mol. The third-order valence-electron chi connectivity index (χ3n) is 4.12. The maximum Gasteiger partial charge on any atom is 0.129 e. The molecule has 2 aromatic rings. The Morgan fingerprint density at radius 3 is 2.96 bits per heavy atom. The second kappa shape index (κ2) is 9.03. The zero-order chi connectivity index (χ0) is 18.2. The number of oxime groups is 2. The van der Waals surface area contributed by atoms with Gasteiger partial charge in [-0.2, -0.15) is 0 Å². The normalized spacial score (nSPS) is 15.6. The molecule has 2 aromatic heterocycles. The van der Waals surface area contributed by atoms with Gasteiger partial charge in [-0.05, 0) is 50.3 Å². The molecule has 3 rings (SSSR count). The molecule has 0 spiro atoms. The number of nitrogens with zero attached hydrogens (tertiary/aromatic N) is 5. The Morgan fingerprint density at radius 1 is 1.23 bits per heavy atom. The number of hydrogen-bond acceptors (Lipinski definition) is 7. The van der Waals surface area contributed by atoms with Crippen LogP contribution in [0.1, 0.15) is 49.0 Å². The largest absolute Gasteiger partial charge is 0.399 e. The maximum atomic E-state index is 5.39. The van der Waals surface area contributed by atoms with Crippen molar-refractivity contribution >= 4 is 11.4 Å². The Bertz CT molecular complexity index is 790. The number of fused-ring (bicyclic) bond motifs is 1. The summed E-state index contributed by atoms with van der Waals surface area (Å²) in [5.41, 5.74) is 4.55. The molecule has 7 nitrogen and oxygen atoms in total. The quantitative estimate of drug-likeness (QED) is 0.434. The number of rotatable bonds is 7. The molecule has 1 aliphatic rings. The zero-order valence-corrected chi connectivity index (χ0v) is 15.2. The first-order valence-corrected chi connectivity index (χ1v) is 8.81. The number of pyridine rings is 1. The van der Waals surface area contributed by atoms with Crippen molar-refractivity contribution in [3.63, 3.8) is 0 Å². The van der Waals surface area contributed by atoms with Gasteiger partial charge >= 0.3 is 0 Å². The van der Waals surface area contributed by atoms with Crippen molar-refractivity contribution in [3.8, 4) is 0 Å². The van der Waals surface area contributed by atoms with E-state index in [1.807, 2.05) is 31.3 Å². The molecule has 0 bridgehead atoms. The van der Waals surface area contributed by atoms with Gasteiger partial charge in [-0.1, -0.05) is 16.4 Å². The van der Waals surface area contributed by atoms with Gasteiger partial charge in [0.25, 0.3) is 0 Å². The van der Waals surface area contributed by atoms with Gasteiger partial charge in [-0.25, -0.2) is 9.97 Å². The highest BCUT2D eigenvalue weighted by Gasteiger charge is 2.18. The van der Waals surface area contributed by atoms with Gasteiger partial charge in [0.15, 0.2) is 0 Å². The van der Waals surface area contributed by atoms with E-state index in [-0.39, 0.29) is 0 Å². The number of hydrogen-bond donors (Lipinski definition) is 0. The van der Waals surface area contributed by atoms with E-state index in [9.17, 15) is 0 Å². The van der Waals surface area contributed by atoms with Crippen LogP contribution in [0.4, 0.5) is 0 Å². The van der Waals surface area contributed by atoms with Crippen molar-refractivity contribution < 1.29 is 9.68 Å². The van der Waals surface area contributed by atoms with E-state index >= 15 is 0 Å². The highest BCUT2D eigenvalue weighted by atomic mass is 16.6. The summed E-state index contributed by atoms with van der Waals surface area (Å²) in [6, 6.07) is 5.71. The van der Waals surface area contributed by atoms with Crippen molar-refractivity contribution in [2.75, 3.05) is 13.7 Å². The topological polar surface area (TPSA) is 81.9 Å². The Balaban J connectivity index is 1.53. The van der Waals surface area contributed by atoms with Crippen molar-refractivity contribution in [2.45, 2.75) is 39.0 Å². The standard InChI is InChI=1S/C19H23N5O2/c1-14(16-8-3-4-11-20-16)23-26-12-6-10-18-21-13-15-7-5-9-17(24-25-2)19(15)22-18/h3-4,8,11,13H,5-7,9-10,12H2,1-2H3/b23-14+,24-17+. The van der Waals surface area contributed by atoms with Crippen LogP contribution in [0.15, 0.2) is 40.9 Å². The van der Waals surface area contributed by atoms with E-state index in [0.29, 0.717) is 6.61 Å². The molecule has 0 aromatic carbocycles. The molecule has 1 aliphatic carbocycles. The van der Waals surface area contributed by atoms with Crippen LogP contribution in [-0.4, -0.2) is 40.1 Å². The average Bonchev–Trinajstić information content (AvgIpc) is 2.69. The summed E-state index contributed by atoms with van der Waals surface area (Å²) >= 11 is 0. The van der Waals surface area contributed by atoms with Gasteiger partial charge in [0, 0.05) is 18.8 Å². The van der Waals surface area contributed by atoms with Crippen LogP contribution in [0, 0.1) is 0 Å². The summed E-state index contributed by atoms with van der Waals surface area (Å²) in [7, 11) is 1.56. The summed E-state index contributed by atoms with van der Waals surface area (Å²) < 4.78 is 0. The third kappa shape index (κ3) is 4.62. The minimum atomic E-state index is 0.504. The van der Waals surface area contributed by atoms with Gasteiger partial charge in [0.05, 0.1) is 11.4 Å². The first-order valence-electron chi connectivity index (χ1n) is 8.81. The molecule has 0 unspecified atom stereocenters. The highest BCUT2D eigenvalue weighted by Crippen LogP contribution is 2.20. The fraction of sp³-hybridized carbons (Fsp3) is 0.421. The Morgan fingerprint density at radius 2 is 2.15 bits per heavy atom. The van der Waals surface area contributed by atoms with Crippen LogP contribution < -0.4 is 0 Å². The first kappa shape index (κ1) is 18.0. The second-order valence-corrected chi connectivity index (χ2v) is 6.06. The molecule has 0 aliphatic heterocycles. The fourth-order valence-corrected chi connectivity index (χ4v) is 2.82. The lowest BCUT2D eigenvalue weighted by atomic mass is 9.95.